The van der Waals surface area contributed by atoms with E-state index in [-0.39, 0.29) is 12.2 Å². The fraction of sp³-hybridized carbons (Fsp3) is 0.231. The van der Waals surface area contributed by atoms with E-state index in [0.717, 1.165) is 21.1 Å². The van der Waals surface area contributed by atoms with Crippen LogP contribution in [0.5, 0.6) is 0 Å². The van der Waals surface area contributed by atoms with Gasteiger partial charge in [0, 0.05) is 6.42 Å². The topological polar surface area (TPSA) is 70.4 Å². The zero-order chi connectivity index (χ0) is 13.1. The average Bonchev–Trinajstić information content (AvgIpc) is 2.69. The van der Waals surface area contributed by atoms with Crippen molar-refractivity contribution in [3.63, 3.8) is 0 Å². The average molecular weight is 263 g/mol. The van der Waals surface area contributed by atoms with Crippen LogP contribution in [0.25, 0.3) is 0 Å². The van der Waals surface area contributed by atoms with Gasteiger partial charge in [0.25, 0.3) is 0 Å². The predicted molar refractivity (Wildman–Crippen MR) is 69.0 cm³/mol. The fourth-order valence-electron chi connectivity index (χ4n) is 1.78. The molecule has 18 heavy (non-hydrogen) atoms. The van der Waals surface area contributed by atoms with Crippen LogP contribution in [0.3, 0.4) is 0 Å². The molecule has 0 spiro atoms. The van der Waals surface area contributed by atoms with Gasteiger partial charge in [0.05, 0.1) is 27.7 Å². The summed E-state index contributed by atoms with van der Waals surface area (Å²) in [6.07, 6.45) is 0.543. The summed E-state index contributed by atoms with van der Waals surface area (Å²) in [5, 5.41) is 19.1. The summed E-state index contributed by atoms with van der Waals surface area (Å²) < 4.78 is 0. The Kier molecular flexibility index (Phi) is 3.74. The van der Waals surface area contributed by atoms with Gasteiger partial charge in [0.2, 0.25) is 0 Å². The van der Waals surface area contributed by atoms with E-state index in [1.165, 1.54) is 11.3 Å². The second-order valence-corrected chi connectivity index (χ2v) is 5.23. The minimum atomic E-state index is -0.936. The fourth-order valence-corrected chi connectivity index (χ4v) is 2.59. The number of benzene rings is 1. The summed E-state index contributed by atoms with van der Waals surface area (Å²) in [6.45, 7) is 1.86. The van der Waals surface area contributed by atoms with E-state index in [4.69, 9.17) is 5.11 Å². The highest BCUT2D eigenvalue weighted by molar-refractivity contribution is 7.11. The van der Waals surface area contributed by atoms with E-state index in [9.17, 15) is 9.90 Å². The molecule has 1 aromatic carbocycles. The van der Waals surface area contributed by atoms with Gasteiger partial charge in [0.1, 0.15) is 0 Å². The third kappa shape index (κ3) is 2.75. The number of aromatic nitrogens is 1. The molecule has 0 bridgehead atoms. The molecule has 0 aliphatic rings. The molecule has 0 radical (unpaired) electrons. The highest BCUT2D eigenvalue weighted by atomic mass is 32.1. The largest absolute Gasteiger partial charge is 0.478 e. The van der Waals surface area contributed by atoms with Crippen molar-refractivity contribution in [3.05, 3.63) is 51.0 Å². The second-order valence-electron chi connectivity index (χ2n) is 3.94. The minimum absolute atomic E-state index is 0.0283. The summed E-state index contributed by atoms with van der Waals surface area (Å²) in [5.41, 5.74) is 1.97. The summed E-state index contributed by atoms with van der Waals surface area (Å²) in [5.74, 6) is -0.936. The Bertz CT molecular complexity index is 577. The first-order chi connectivity index (χ1) is 8.60. The molecule has 0 aliphatic heterocycles. The van der Waals surface area contributed by atoms with Crippen LogP contribution >= 0.6 is 11.3 Å². The lowest BCUT2D eigenvalue weighted by atomic mass is 10.1. The van der Waals surface area contributed by atoms with Gasteiger partial charge in [-0.15, -0.1) is 11.3 Å². The number of nitrogens with zero attached hydrogens (tertiary/aromatic N) is 1. The number of thiazole rings is 1. The van der Waals surface area contributed by atoms with E-state index < -0.39 is 5.97 Å². The Hall–Kier alpha value is -1.72. The maximum absolute atomic E-state index is 10.9. The molecule has 2 aromatic rings. The summed E-state index contributed by atoms with van der Waals surface area (Å²) >= 11 is 1.47. The van der Waals surface area contributed by atoms with Crippen LogP contribution in [-0.4, -0.2) is 21.2 Å². The molecule has 2 N–H and O–H groups in total. The van der Waals surface area contributed by atoms with Crippen LogP contribution in [0.15, 0.2) is 24.3 Å². The van der Waals surface area contributed by atoms with E-state index >= 15 is 0 Å². The molecule has 1 heterocycles. The Labute approximate surface area is 109 Å². The molecule has 0 unspecified atom stereocenters. The van der Waals surface area contributed by atoms with Crippen LogP contribution < -0.4 is 0 Å². The minimum Gasteiger partial charge on any atom is -0.478 e. The van der Waals surface area contributed by atoms with Gasteiger partial charge >= 0.3 is 5.97 Å². The smallest absolute Gasteiger partial charge is 0.335 e. The number of aliphatic hydroxyl groups is 1. The molecular weight excluding hydrogens is 250 g/mol. The van der Waals surface area contributed by atoms with Crippen molar-refractivity contribution in [1.29, 1.82) is 0 Å². The van der Waals surface area contributed by atoms with Gasteiger partial charge < -0.3 is 10.2 Å². The lowest BCUT2D eigenvalue weighted by molar-refractivity contribution is 0.0696. The van der Waals surface area contributed by atoms with Gasteiger partial charge in [-0.2, -0.15) is 0 Å². The number of carbonyl (C=O) groups is 1. The van der Waals surface area contributed by atoms with Crippen molar-refractivity contribution >= 4 is 17.3 Å². The van der Waals surface area contributed by atoms with Gasteiger partial charge in [-0.05, 0) is 24.6 Å². The van der Waals surface area contributed by atoms with Crippen molar-refractivity contribution in [2.45, 2.75) is 20.0 Å². The number of rotatable bonds is 4. The molecule has 94 valence electrons. The van der Waals surface area contributed by atoms with Crippen LogP contribution in [0, 0.1) is 6.92 Å². The molecule has 4 nitrogen and oxygen atoms in total. The van der Waals surface area contributed by atoms with Gasteiger partial charge in [-0.3, -0.25) is 0 Å². The molecule has 0 fully saturated rings. The Balaban J connectivity index is 2.28. The van der Waals surface area contributed by atoms with E-state index in [2.05, 4.69) is 4.98 Å². The summed E-state index contributed by atoms with van der Waals surface area (Å²) in [6, 6.07) is 6.78. The van der Waals surface area contributed by atoms with Crippen molar-refractivity contribution in [1.82, 2.24) is 4.98 Å². The van der Waals surface area contributed by atoms with Crippen LogP contribution in [0.4, 0.5) is 0 Å². The predicted octanol–water partition coefficient (Wildman–Crippen LogP) is 2.23. The quantitative estimate of drug-likeness (QED) is 0.887. The maximum Gasteiger partial charge on any atom is 0.335 e. The maximum atomic E-state index is 10.9. The highest BCUT2D eigenvalue weighted by Crippen LogP contribution is 2.21. The molecule has 1 aromatic heterocycles. The first-order valence-corrected chi connectivity index (χ1v) is 6.30. The monoisotopic (exact) mass is 263 g/mol. The van der Waals surface area contributed by atoms with Gasteiger partial charge in [0.15, 0.2) is 0 Å². The molecule has 0 amide bonds. The Morgan fingerprint density at radius 3 is 2.89 bits per heavy atom. The number of carboxylic acid groups (broad SMARTS) is 1. The van der Waals surface area contributed by atoms with Crippen molar-refractivity contribution in [2.75, 3.05) is 0 Å². The van der Waals surface area contributed by atoms with Crippen molar-refractivity contribution in [3.8, 4) is 0 Å². The first kappa shape index (κ1) is 12.7. The zero-order valence-electron chi connectivity index (χ0n) is 9.88. The number of carboxylic acids is 1. The van der Waals surface area contributed by atoms with E-state index in [1.54, 1.807) is 18.2 Å². The highest BCUT2D eigenvalue weighted by Gasteiger charge is 2.10. The number of aliphatic hydroxyl groups excluding tert-OH is 1. The number of hydrogen-bond acceptors (Lipinski definition) is 4. The van der Waals surface area contributed by atoms with E-state index in [0.29, 0.717) is 6.42 Å². The molecule has 0 saturated heterocycles. The molecule has 0 aliphatic carbocycles. The second kappa shape index (κ2) is 5.29. The molecule has 0 atom stereocenters. The normalized spacial score (nSPS) is 10.6. The van der Waals surface area contributed by atoms with Crippen LogP contribution in [-0.2, 0) is 13.0 Å². The van der Waals surface area contributed by atoms with Crippen LogP contribution in [0.2, 0.25) is 0 Å². The third-order valence-corrected chi connectivity index (χ3v) is 3.57. The third-order valence-electron chi connectivity index (χ3n) is 2.57. The first-order valence-electron chi connectivity index (χ1n) is 5.48. The standard InChI is InChI=1S/C13H13NO3S/c1-8-14-11(12(7-15)18-8)6-9-3-2-4-10(5-9)13(16)17/h2-5,15H,6-7H2,1H3,(H,16,17). The zero-order valence-corrected chi connectivity index (χ0v) is 10.7. The summed E-state index contributed by atoms with van der Waals surface area (Å²) in [7, 11) is 0. The lowest BCUT2D eigenvalue weighted by Crippen LogP contribution is -1.99. The van der Waals surface area contributed by atoms with Crippen molar-refractivity contribution in [2.24, 2.45) is 0 Å². The molecule has 2 rings (SSSR count). The Morgan fingerprint density at radius 2 is 2.22 bits per heavy atom. The van der Waals surface area contributed by atoms with Gasteiger partial charge in [-0.1, -0.05) is 12.1 Å². The molecule has 5 heteroatoms. The lowest BCUT2D eigenvalue weighted by Gasteiger charge is -2.02. The number of aryl methyl sites for hydroxylation is 1. The van der Waals surface area contributed by atoms with Gasteiger partial charge in [-0.25, -0.2) is 9.78 Å². The number of hydrogen-bond donors (Lipinski definition) is 2. The summed E-state index contributed by atoms with van der Waals surface area (Å²) in [4.78, 5) is 16.1. The Morgan fingerprint density at radius 1 is 1.44 bits per heavy atom. The van der Waals surface area contributed by atoms with E-state index in [1.807, 2.05) is 13.0 Å². The van der Waals surface area contributed by atoms with Crippen molar-refractivity contribution < 1.29 is 15.0 Å². The molecular formula is C13H13NO3S. The number of aromatic carboxylic acids is 1. The molecule has 0 saturated carbocycles. The van der Waals surface area contributed by atoms with Crippen LogP contribution in [0.1, 0.15) is 31.5 Å². The SMILES string of the molecule is Cc1nc(Cc2cccc(C(=O)O)c2)c(CO)s1.